The first kappa shape index (κ1) is 18.7. The molecule has 0 radical (unpaired) electrons. The van der Waals surface area contributed by atoms with Crippen molar-refractivity contribution < 1.29 is 13.2 Å². The zero-order chi connectivity index (χ0) is 19.1. The number of carbonyl (C=O) groups is 1. The molecule has 2 aromatic carbocycles. The van der Waals surface area contributed by atoms with Gasteiger partial charge in [0.05, 0.1) is 15.1 Å². The molecule has 0 atom stereocenters. The molecule has 4 nitrogen and oxygen atoms in total. The number of hydrogen-bond acceptors (Lipinski definition) is 3. The normalized spacial score (nSPS) is 16.4. The molecule has 1 aliphatic rings. The Balaban J connectivity index is 2.07. The maximum Gasteiger partial charge on any atom is 0.282 e. The van der Waals surface area contributed by atoms with Crippen LogP contribution in [0.3, 0.4) is 0 Å². The summed E-state index contributed by atoms with van der Waals surface area (Å²) in [5.41, 5.74) is 2.16. The minimum Gasteiger partial charge on any atom is -0.288 e. The first-order valence-electron chi connectivity index (χ1n) is 8.06. The van der Waals surface area contributed by atoms with Gasteiger partial charge in [-0.05, 0) is 45.1 Å². The van der Waals surface area contributed by atoms with Gasteiger partial charge in [-0.1, -0.05) is 57.2 Å². The van der Waals surface area contributed by atoms with E-state index in [2.05, 4.69) is 41.1 Å². The van der Waals surface area contributed by atoms with Crippen LogP contribution in [0.5, 0.6) is 0 Å². The molecule has 3 rings (SSSR count). The summed E-state index contributed by atoms with van der Waals surface area (Å²) < 4.78 is 29.8. The molecule has 0 aromatic heterocycles. The molecular weight excluding hydrogens is 414 g/mol. The summed E-state index contributed by atoms with van der Waals surface area (Å²) in [7, 11) is -3.89. The van der Waals surface area contributed by atoms with Crippen LogP contribution in [0, 0.1) is 0 Å². The SMILES string of the molecule is CC(C)(C)c1ccc(S(=O)(=O)N=C2C=C(Br)C(=O)c3ccccc32)cc1. The van der Waals surface area contributed by atoms with Crippen LogP contribution in [0.15, 0.2) is 68.4 Å². The van der Waals surface area contributed by atoms with Crippen molar-refractivity contribution in [1.29, 1.82) is 0 Å². The fourth-order valence-corrected chi connectivity index (χ4v) is 4.11. The first-order chi connectivity index (χ1) is 12.1. The fourth-order valence-electron chi connectivity index (χ4n) is 2.68. The molecular formula is C20H18BrNO3S. The Labute approximate surface area is 161 Å². The van der Waals surface area contributed by atoms with Gasteiger partial charge in [0.2, 0.25) is 5.78 Å². The van der Waals surface area contributed by atoms with Crippen molar-refractivity contribution in [2.45, 2.75) is 31.1 Å². The maximum absolute atomic E-state index is 12.7. The van der Waals surface area contributed by atoms with Crippen molar-refractivity contribution >= 4 is 37.4 Å². The van der Waals surface area contributed by atoms with Crippen LogP contribution in [0.1, 0.15) is 42.3 Å². The molecule has 0 N–H and O–H groups in total. The highest BCUT2D eigenvalue weighted by Crippen LogP contribution is 2.27. The Morgan fingerprint density at radius 1 is 0.923 bits per heavy atom. The van der Waals surface area contributed by atoms with Gasteiger partial charge in [0.15, 0.2) is 0 Å². The molecule has 0 saturated heterocycles. The van der Waals surface area contributed by atoms with Gasteiger partial charge in [0.25, 0.3) is 10.0 Å². The number of benzene rings is 2. The lowest BCUT2D eigenvalue weighted by Crippen LogP contribution is -2.16. The quantitative estimate of drug-likeness (QED) is 0.695. The standard InChI is InChI=1S/C20H18BrNO3S/c1-20(2,3)13-8-10-14(11-9-13)26(24,25)22-18-12-17(21)19(23)16-7-5-4-6-15(16)18/h4-12H,1-3H3. The molecule has 26 heavy (non-hydrogen) atoms. The van der Waals surface area contributed by atoms with Crippen molar-refractivity contribution in [2.75, 3.05) is 0 Å². The van der Waals surface area contributed by atoms with E-state index in [0.29, 0.717) is 11.1 Å². The number of carbonyl (C=O) groups excluding carboxylic acids is 1. The number of allylic oxidation sites excluding steroid dienone is 2. The summed E-state index contributed by atoms with van der Waals surface area (Å²) >= 11 is 3.20. The van der Waals surface area contributed by atoms with Gasteiger partial charge in [-0.15, -0.1) is 0 Å². The second-order valence-corrected chi connectivity index (χ2v) is 9.55. The molecule has 0 bridgehead atoms. The Bertz CT molecular complexity index is 1040. The van der Waals surface area contributed by atoms with E-state index in [9.17, 15) is 13.2 Å². The van der Waals surface area contributed by atoms with E-state index in [0.717, 1.165) is 5.56 Å². The average Bonchev–Trinajstić information content (AvgIpc) is 2.59. The van der Waals surface area contributed by atoms with Gasteiger partial charge < -0.3 is 0 Å². The topological polar surface area (TPSA) is 63.6 Å². The van der Waals surface area contributed by atoms with Crippen molar-refractivity contribution in [1.82, 2.24) is 0 Å². The van der Waals surface area contributed by atoms with E-state index >= 15 is 0 Å². The molecule has 0 heterocycles. The molecule has 0 amide bonds. The van der Waals surface area contributed by atoms with Crippen LogP contribution in [-0.2, 0) is 15.4 Å². The van der Waals surface area contributed by atoms with Gasteiger partial charge in [-0.2, -0.15) is 12.8 Å². The van der Waals surface area contributed by atoms with Crippen LogP contribution in [0.25, 0.3) is 0 Å². The molecule has 0 aliphatic heterocycles. The summed E-state index contributed by atoms with van der Waals surface area (Å²) in [6.45, 7) is 6.19. The Morgan fingerprint density at radius 2 is 1.50 bits per heavy atom. The van der Waals surface area contributed by atoms with E-state index in [1.807, 2.05) is 0 Å². The summed E-state index contributed by atoms with van der Waals surface area (Å²) in [5, 5.41) is 0. The smallest absolute Gasteiger partial charge is 0.282 e. The average molecular weight is 432 g/mol. The fraction of sp³-hybridized carbons (Fsp3) is 0.200. The molecule has 0 spiro atoms. The third-order valence-corrected chi connectivity index (χ3v) is 6.06. The first-order valence-corrected chi connectivity index (χ1v) is 10.3. The van der Waals surface area contributed by atoms with Crippen LogP contribution in [0.4, 0.5) is 0 Å². The monoisotopic (exact) mass is 431 g/mol. The molecule has 0 fully saturated rings. The number of fused-ring (bicyclic) bond motifs is 1. The lowest BCUT2D eigenvalue weighted by molar-refractivity contribution is 0.104. The highest BCUT2D eigenvalue weighted by Gasteiger charge is 2.25. The Kier molecular flexibility index (Phi) is 4.75. The predicted octanol–water partition coefficient (Wildman–Crippen LogP) is 4.64. The molecule has 134 valence electrons. The van der Waals surface area contributed by atoms with Gasteiger partial charge >= 0.3 is 0 Å². The van der Waals surface area contributed by atoms with Gasteiger partial charge in [-0.25, -0.2) is 0 Å². The van der Waals surface area contributed by atoms with E-state index in [1.165, 1.54) is 6.08 Å². The van der Waals surface area contributed by atoms with Gasteiger partial charge in [0, 0.05) is 11.1 Å². The zero-order valence-corrected chi connectivity index (χ0v) is 17.1. The molecule has 1 aliphatic carbocycles. The lowest BCUT2D eigenvalue weighted by atomic mass is 9.87. The number of nitrogens with zero attached hydrogens (tertiary/aromatic N) is 1. The molecule has 0 saturated carbocycles. The third-order valence-electron chi connectivity index (χ3n) is 4.16. The van der Waals surface area contributed by atoms with Crippen LogP contribution < -0.4 is 0 Å². The van der Waals surface area contributed by atoms with Gasteiger partial charge in [-0.3, -0.25) is 4.79 Å². The Hall–Kier alpha value is -2.05. The van der Waals surface area contributed by atoms with E-state index < -0.39 is 10.0 Å². The van der Waals surface area contributed by atoms with Crippen LogP contribution >= 0.6 is 15.9 Å². The Morgan fingerprint density at radius 3 is 2.08 bits per heavy atom. The number of Topliss-reactive ketones (excluding diaryl/α,β-unsaturated/α-hetero) is 1. The second kappa shape index (κ2) is 6.59. The summed E-state index contributed by atoms with van der Waals surface area (Å²) in [5.74, 6) is -0.188. The lowest BCUT2D eigenvalue weighted by Gasteiger charge is -2.19. The number of rotatable bonds is 2. The minimum atomic E-state index is -3.89. The summed E-state index contributed by atoms with van der Waals surface area (Å²) in [4.78, 5) is 12.3. The third kappa shape index (κ3) is 3.57. The van der Waals surface area contributed by atoms with Crippen LogP contribution in [-0.4, -0.2) is 19.9 Å². The number of hydrogen-bond donors (Lipinski definition) is 0. The van der Waals surface area contributed by atoms with E-state index in [4.69, 9.17) is 0 Å². The predicted molar refractivity (Wildman–Crippen MR) is 107 cm³/mol. The van der Waals surface area contributed by atoms with Crippen LogP contribution in [0.2, 0.25) is 0 Å². The number of halogens is 1. The molecule has 6 heteroatoms. The summed E-state index contributed by atoms with van der Waals surface area (Å²) in [6, 6.07) is 13.6. The van der Waals surface area contributed by atoms with Crippen molar-refractivity contribution in [3.63, 3.8) is 0 Å². The second-order valence-electron chi connectivity index (χ2n) is 7.09. The minimum absolute atomic E-state index is 0.0650. The zero-order valence-electron chi connectivity index (χ0n) is 14.7. The van der Waals surface area contributed by atoms with E-state index in [1.54, 1.807) is 48.5 Å². The molecule has 2 aromatic rings. The molecule has 0 unspecified atom stereocenters. The van der Waals surface area contributed by atoms with Crippen molar-refractivity contribution in [3.8, 4) is 0 Å². The largest absolute Gasteiger partial charge is 0.288 e. The highest BCUT2D eigenvalue weighted by molar-refractivity contribution is 9.12. The number of ketones is 1. The highest BCUT2D eigenvalue weighted by atomic mass is 79.9. The van der Waals surface area contributed by atoms with Crippen molar-refractivity contribution in [3.05, 3.63) is 75.8 Å². The van der Waals surface area contributed by atoms with Gasteiger partial charge in [0.1, 0.15) is 0 Å². The maximum atomic E-state index is 12.7. The number of sulfonamides is 1. The summed E-state index contributed by atoms with van der Waals surface area (Å²) in [6.07, 6.45) is 1.45. The van der Waals surface area contributed by atoms with Crippen molar-refractivity contribution in [2.24, 2.45) is 4.40 Å². The van der Waals surface area contributed by atoms with E-state index in [-0.39, 0.29) is 26.3 Å².